The molecule has 0 spiro atoms. The van der Waals surface area contributed by atoms with Crippen molar-refractivity contribution in [3.63, 3.8) is 0 Å². The zero-order valence-electron chi connectivity index (χ0n) is 19.0. The van der Waals surface area contributed by atoms with Crippen molar-refractivity contribution in [1.82, 2.24) is 0 Å². The highest BCUT2D eigenvalue weighted by molar-refractivity contribution is 5.55. The minimum atomic E-state index is -0.143. The maximum absolute atomic E-state index is 11.2. The minimum absolute atomic E-state index is 0.0248. The van der Waals surface area contributed by atoms with Crippen molar-refractivity contribution in [2.75, 3.05) is 0 Å². The molecule has 0 radical (unpaired) electrons. The number of hydrogen-bond donors (Lipinski definition) is 2. The fourth-order valence-corrected chi connectivity index (χ4v) is 3.98. The Balaban J connectivity index is 2.72. The monoisotopic (exact) mass is 382 g/mol. The average Bonchev–Trinajstić information content (AvgIpc) is 2.56. The fraction of sp³-hybridized carbons (Fsp3) is 0.538. The van der Waals surface area contributed by atoms with Crippen LogP contribution in [0.1, 0.15) is 101 Å². The molecule has 0 aliphatic heterocycles. The summed E-state index contributed by atoms with van der Waals surface area (Å²) in [6, 6.07) is 10.2. The van der Waals surface area contributed by atoms with E-state index >= 15 is 0 Å². The average molecular weight is 383 g/mol. The molecule has 2 N–H and O–H groups in total. The van der Waals surface area contributed by atoms with Crippen molar-refractivity contribution < 1.29 is 10.2 Å². The molecule has 2 aromatic rings. The lowest BCUT2D eigenvalue weighted by molar-refractivity contribution is 0.424. The number of rotatable bonds is 5. The van der Waals surface area contributed by atoms with Crippen molar-refractivity contribution >= 4 is 0 Å². The maximum Gasteiger partial charge on any atom is 0.123 e. The summed E-state index contributed by atoms with van der Waals surface area (Å²) in [5.74, 6) is 0.720. The summed E-state index contributed by atoms with van der Waals surface area (Å²) in [6.45, 7) is 17.0. The van der Waals surface area contributed by atoms with Crippen LogP contribution in [0.2, 0.25) is 0 Å². The summed E-state index contributed by atoms with van der Waals surface area (Å²) in [5.41, 5.74) is 4.63. The van der Waals surface area contributed by atoms with Gasteiger partial charge in [-0.1, -0.05) is 97.2 Å². The number of para-hydroxylation sites is 1. The predicted molar refractivity (Wildman–Crippen MR) is 120 cm³/mol. The normalized spacial score (nSPS) is 13.6. The van der Waals surface area contributed by atoms with Gasteiger partial charge < -0.3 is 10.2 Å². The molecule has 0 amide bonds. The third-order valence-corrected chi connectivity index (χ3v) is 5.56. The van der Waals surface area contributed by atoms with Crippen molar-refractivity contribution in [3.8, 4) is 11.5 Å². The van der Waals surface area contributed by atoms with E-state index < -0.39 is 0 Å². The number of hydrogen-bond acceptors (Lipinski definition) is 2. The van der Waals surface area contributed by atoms with E-state index in [1.54, 1.807) is 0 Å². The molecule has 0 aliphatic rings. The van der Waals surface area contributed by atoms with E-state index in [1.807, 2.05) is 18.2 Å². The van der Waals surface area contributed by atoms with Gasteiger partial charge in [-0.25, -0.2) is 0 Å². The Hall–Kier alpha value is -1.96. The Morgan fingerprint density at radius 3 is 1.93 bits per heavy atom. The molecule has 1 atom stereocenters. The highest BCUT2D eigenvalue weighted by Crippen LogP contribution is 2.45. The zero-order chi connectivity index (χ0) is 21.3. The third kappa shape index (κ3) is 4.71. The molecular formula is C26H38O2. The molecule has 2 rings (SSSR count). The second kappa shape index (κ2) is 8.19. The highest BCUT2D eigenvalue weighted by atomic mass is 16.3. The van der Waals surface area contributed by atoms with Crippen LogP contribution in [0, 0.1) is 6.92 Å². The Kier molecular flexibility index (Phi) is 6.53. The summed E-state index contributed by atoms with van der Waals surface area (Å²) in [7, 11) is 0. The molecule has 0 bridgehead atoms. The van der Waals surface area contributed by atoms with Crippen LogP contribution in [-0.4, -0.2) is 10.2 Å². The van der Waals surface area contributed by atoms with Crippen LogP contribution in [0.3, 0.4) is 0 Å². The smallest absolute Gasteiger partial charge is 0.123 e. The van der Waals surface area contributed by atoms with Gasteiger partial charge in [0.1, 0.15) is 11.5 Å². The number of phenolic OH excluding ortho intramolecular Hbond substituents is 2. The van der Waals surface area contributed by atoms with E-state index in [0.717, 1.165) is 47.1 Å². The van der Waals surface area contributed by atoms with Gasteiger partial charge in [0, 0.05) is 17.0 Å². The lowest BCUT2D eigenvalue weighted by atomic mass is 9.77. The van der Waals surface area contributed by atoms with Crippen LogP contribution in [0.5, 0.6) is 11.5 Å². The topological polar surface area (TPSA) is 40.5 Å². The van der Waals surface area contributed by atoms with Gasteiger partial charge in [-0.05, 0) is 35.3 Å². The second-order valence-corrected chi connectivity index (χ2v) is 10.2. The molecule has 2 heteroatoms. The van der Waals surface area contributed by atoms with Crippen molar-refractivity contribution in [2.45, 2.75) is 91.4 Å². The van der Waals surface area contributed by atoms with Crippen molar-refractivity contribution in [1.29, 1.82) is 0 Å². The standard InChI is InChI=1S/C26H38O2/c1-9-10-12-18(19-13-11-14-21(23(19)27)25(3,4)5)20-15-17(2)16-22(24(20)28)26(6,7)8/h11,13-16,18,27-28H,9-10,12H2,1-8H3. The van der Waals surface area contributed by atoms with E-state index in [2.05, 4.69) is 67.5 Å². The molecule has 1 unspecified atom stereocenters. The van der Waals surface area contributed by atoms with Crippen LogP contribution in [0.4, 0.5) is 0 Å². The van der Waals surface area contributed by atoms with Crippen LogP contribution in [0.25, 0.3) is 0 Å². The predicted octanol–water partition coefficient (Wildman–Crippen LogP) is 7.32. The van der Waals surface area contributed by atoms with Crippen LogP contribution >= 0.6 is 0 Å². The summed E-state index contributed by atoms with van der Waals surface area (Å²) in [5, 5.41) is 22.4. The van der Waals surface area contributed by atoms with Gasteiger partial charge in [0.05, 0.1) is 0 Å². The van der Waals surface area contributed by atoms with Gasteiger partial charge in [0.25, 0.3) is 0 Å². The SMILES string of the molecule is CCCCC(c1cccc(C(C)(C)C)c1O)c1cc(C)cc(C(C)(C)C)c1O. The quantitative estimate of drug-likeness (QED) is 0.568. The fourth-order valence-electron chi connectivity index (χ4n) is 3.98. The highest BCUT2D eigenvalue weighted by Gasteiger charge is 2.28. The lowest BCUT2D eigenvalue weighted by Crippen LogP contribution is -2.15. The van der Waals surface area contributed by atoms with Gasteiger partial charge in [-0.15, -0.1) is 0 Å². The largest absolute Gasteiger partial charge is 0.507 e. The maximum atomic E-state index is 11.2. The molecule has 2 nitrogen and oxygen atoms in total. The van der Waals surface area contributed by atoms with Gasteiger partial charge in [-0.3, -0.25) is 0 Å². The van der Waals surface area contributed by atoms with E-state index in [1.165, 1.54) is 0 Å². The Morgan fingerprint density at radius 1 is 0.821 bits per heavy atom. The second-order valence-electron chi connectivity index (χ2n) is 10.2. The molecule has 0 saturated heterocycles. The summed E-state index contributed by atoms with van der Waals surface area (Å²) in [6.07, 6.45) is 3.02. The summed E-state index contributed by atoms with van der Waals surface area (Å²) in [4.78, 5) is 0. The molecule has 0 fully saturated rings. The molecule has 0 heterocycles. The number of unbranched alkanes of at least 4 members (excludes halogenated alkanes) is 1. The van der Waals surface area contributed by atoms with Crippen molar-refractivity contribution in [3.05, 3.63) is 58.1 Å². The lowest BCUT2D eigenvalue weighted by Gasteiger charge is -2.28. The first-order valence-electron chi connectivity index (χ1n) is 10.5. The van der Waals surface area contributed by atoms with Gasteiger partial charge in [-0.2, -0.15) is 0 Å². The van der Waals surface area contributed by atoms with E-state index in [0.29, 0.717) is 11.5 Å². The van der Waals surface area contributed by atoms with Crippen LogP contribution in [-0.2, 0) is 10.8 Å². The Bertz CT molecular complexity index is 820. The van der Waals surface area contributed by atoms with Gasteiger partial charge in [0.15, 0.2) is 0 Å². The third-order valence-electron chi connectivity index (χ3n) is 5.56. The molecule has 0 aliphatic carbocycles. The molecule has 2 aromatic carbocycles. The van der Waals surface area contributed by atoms with Crippen LogP contribution in [0.15, 0.2) is 30.3 Å². The minimum Gasteiger partial charge on any atom is -0.507 e. The first-order chi connectivity index (χ1) is 12.9. The molecular weight excluding hydrogens is 344 g/mol. The van der Waals surface area contributed by atoms with Crippen LogP contribution < -0.4 is 0 Å². The Labute approximate surface area is 171 Å². The molecule has 0 saturated carbocycles. The molecule has 154 valence electrons. The summed E-state index contributed by atoms with van der Waals surface area (Å²) >= 11 is 0. The summed E-state index contributed by atoms with van der Waals surface area (Å²) < 4.78 is 0. The molecule has 28 heavy (non-hydrogen) atoms. The van der Waals surface area contributed by atoms with Gasteiger partial charge in [0.2, 0.25) is 0 Å². The number of aromatic hydroxyl groups is 2. The number of aryl methyl sites for hydroxylation is 1. The first-order valence-corrected chi connectivity index (χ1v) is 10.5. The number of phenols is 2. The van der Waals surface area contributed by atoms with E-state index in [9.17, 15) is 10.2 Å². The van der Waals surface area contributed by atoms with Crippen molar-refractivity contribution in [2.24, 2.45) is 0 Å². The molecule has 0 aromatic heterocycles. The van der Waals surface area contributed by atoms with E-state index in [-0.39, 0.29) is 16.7 Å². The van der Waals surface area contributed by atoms with E-state index in [4.69, 9.17) is 0 Å². The first kappa shape index (κ1) is 22.3. The zero-order valence-corrected chi connectivity index (χ0v) is 19.0. The van der Waals surface area contributed by atoms with Gasteiger partial charge >= 0.3 is 0 Å². The number of benzene rings is 2. The Morgan fingerprint density at radius 2 is 1.39 bits per heavy atom.